The largest absolute Gasteiger partial charge is 0.371 e. The zero-order valence-corrected chi connectivity index (χ0v) is 17.8. The molecular weight excluding hydrogens is 412 g/mol. The molecular formula is C24H26N2O6. The Kier molecular flexibility index (Phi) is 5.10. The first-order valence-corrected chi connectivity index (χ1v) is 11.2. The van der Waals surface area contributed by atoms with Crippen molar-refractivity contribution in [3.63, 3.8) is 0 Å². The van der Waals surface area contributed by atoms with Crippen LogP contribution in [0, 0.1) is 0 Å². The summed E-state index contributed by atoms with van der Waals surface area (Å²) in [5.41, 5.74) is 0.876. The van der Waals surface area contributed by atoms with Crippen molar-refractivity contribution in [3.8, 4) is 0 Å². The van der Waals surface area contributed by atoms with Gasteiger partial charge in [0.05, 0.1) is 62.0 Å². The van der Waals surface area contributed by atoms with Gasteiger partial charge in [-0.05, 0) is 16.8 Å². The maximum atomic E-state index is 13.9. The fraction of sp³-hybridized carbons (Fsp3) is 0.500. The molecule has 2 aromatic carbocycles. The predicted molar refractivity (Wildman–Crippen MR) is 115 cm³/mol. The van der Waals surface area contributed by atoms with Crippen LogP contribution in [0.1, 0.15) is 20.7 Å². The van der Waals surface area contributed by atoms with Crippen LogP contribution in [0.25, 0.3) is 10.8 Å². The lowest BCUT2D eigenvalue weighted by molar-refractivity contribution is 0.0693. The summed E-state index contributed by atoms with van der Waals surface area (Å²) in [5, 5.41) is 1.72. The highest BCUT2D eigenvalue weighted by atomic mass is 16.6. The van der Waals surface area contributed by atoms with Crippen LogP contribution in [0.5, 0.6) is 0 Å². The topological polar surface area (TPSA) is 90.7 Å². The minimum atomic E-state index is -0.157. The van der Waals surface area contributed by atoms with E-state index in [1.807, 2.05) is 30.3 Å². The van der Waals surface area contributed by atoms with Crippen LogP contribution >= 0.6 is 0 Å². The van der Waals surface area contributed by atoms with Gasteiger partial charge in [0.1, 0.15) is 0 Å². The fourth-order valence-electron chi connectivity index (χ4n) is 4.17. The zero-order valence-electron chi connectivity index (χ0n) is 17.8. The van der Waals surface area contributed by atoms with Crippen molar-refractivity contribution < 1.29 is 28.5 Å². The molecule has 168 valence electrons. The van der Waals surface area contributed by atoms with E-state index in [9.17, 15) is 9.59 Å². The number of hydrogen-bond donors (Lipinski definition) is 0. The lowest BCUT2D eigenvalue weighted by atomic mass is 9.96. The molecule has 0 bridgehead atoms. The summed E-state index contributed by atoms with van der Waals surface area (Å²) in [6, 6.07) is 11.4. The summed E-state index contributed by atoms with van der Waals surface area (Å²) in [4.78, 5) is 31.2. The van der Waals surface area contributed by atoms with E-state index in [1.54, 1.807) is 15.9 Å². The maximum absolute atomic E-state index is 13.9. The Morgan fingerprint density at radius 1 is 0.688 bits per heavy atom. The normalized spacial score (nSPS) is 27.1. The van der Waals surface area contributed by atoms with Gasteiger partial charge in [0, 0.05) is 26.2 Å². The molecule has 0 aromatic heterocycles. The molecule has 4 aliphatic heterocycles. The van der Waals surface area contributed by atoms with Crippen molar-refractivity contribution in [2.45, 2.75) is 24.4 Å². The summed E-state index contributed by atoms with van der Waals surface area (Å²) in [6.07, 6.45) is 0.241. The Hall–Kier alpha value is -2.52. The molecule has 0 N–H and O–H groups in total. The number of fused-ring (bicyclic) bond motifs is 1. The average Bonchev–Trinajstić information content (AvgIpc) is 3.63. The van der Waals surface area contributed by atoms with Gasteiger partial charge in [0.15, 0.2) is 0 Å². The third-order valence-corrected chi connectivity index (χ3v) is 6.25. The van der Waals surface area contributed by atoms with Crippen LogP contribution < -0.4 is 0 Å². The summed E-state index contributed by atoms with van der Waals surface area (Å²) < 4.78 is 21.5. The van der Waals surface area contributed by atoms with E-state index >= 15 is 0 Å². The second kappa shape index (κ2) is 8.12. The summed E-state index contributed by atoms with van der Waals surface area (Å²) in [5.74, 6) is -0.308. The van der Waals surface area contributed by atoms with Crippen LogP contribution in [0.3, 0.4) is 0 Å². The molecule has 0 spiro atoms. The third-order valence-electron chi connectivity index (χ3n) is 6.25. The number of nitrogens with zero attached hydrogens (tertiary/aromatic N) is 2. The Balaban J connectivity index is 1.38. The van der Waals surface area contributed by atoms with Crippen molar-refractivity contribution in [2.75, 3.05) is 52.6 Å². The van der Waals surface area contributed by atoms with Gasteiger partial charge >= 0.3 is 0 Å². The molecule has 4 atom stereocenters. The van der Waals surface area contributed by atoms with Gasteiger partial charge in [-0.3, -0.25) is 9.59 Å². The van der Waals surface area contributed by atoms with E-state index in [1.165, 1.54) is 0 Å². The number of ether oxygens (including phenoxy) is 4. The van der Waals surface area contributed by atoms with Crippen molar-refractivity contribution >= 4 is 22.6 Å². The SMILES string of the molecule is O=C(c1ccc2ccccc2c1C(=O)N(CC1CO1)CC1CO1)N(CC1CO1)CC1CO1. The number of rotatable bonds is 10. The van der Waals surface area contributed by atoms with Gasteiger partial charge in [-0.15, -0.1) is 0 Å². The lowest BCUT2D eigenvalue weighted by Gasteiger charge is -2.26. The molecule has 0 aliphatic carbocycles. The first-order valence-electron chi connectivity index (χ1n) is 11.2. The number of epoxide rings is 4. The van der Waals surface area contributed by atoms with Gasteiger partial charge in [0.25, 0.3) is 11.8 Å². The third kappa shape index (κ3) is 4.49. The van der Waals surface area contributed by atoms with Gasteiger partial charge in [0.2, 0.25) is 0 Å². The molecule has 0 radical (unpaired) electrons. The van der Waals surface area contributed by atoms with Gasteiger partial charge in [-0.25, -0.2) is 0 Å². The van der Waals surface area contributed by atoms with Crippen LogP contribution in [-0.4, -0.2) is 98.6 Å². The van der Waals surface area contributed by atoms with Crippen LogP contribution in [0.4, 0.5) is 0 Å². The molecule has 2 amide bonds. The summed E-state index contributed by atoms with van der Waals surface area (Å²) in [7, 11) is 0. The smallest absolute Gasteiger partial charge is 0.255 e. The number of hydrogen-bond acceptors (Lipinski definition) is 6. The van der Waals surface area contributed by atoms with Gasteiger partial charge < -0.3 is 28.7 Å². The van der Waals surface area contributed by atoms with E-state index in [-0.39, 0.29) is 36.2 Å². The number of amides is 2. The van der Waals surface area contributed by atoms with Gasteiger partial charge in [-0.1, -0.05) is 30.3 Å². The number of benzene rings is 2. The van der Waals surface area contributed by atoms with Crippen LogP contribution in [0.15, 0.2) is 36.4 Å². The number of carbonyl (C=O) groups excluding carboxylic acids is 2. The molecule has 8 heteroatoms. The average molecular weight is 438 g/mol. The van der Waals surface area contributed by atoms with E-state index in [4.69, 9.17) is 18.9 Å². The van der Waals surface area contributed by atoms with E-state index in [2.05, 4.69) is 0 Å². The van der Waals surface area contributed by atoms with Crippen molar-refractivity contribution in [1.82, 2.24) is 9.80 Å². The summed E-state index contributed by atoms with van der Waals surface area (Å²) >= 11 is 0. The first-order chi connectivity index (χ1) is 15.7. The lowest BCUT2D eigenvalue weighted by Crippen LogP contribution is -2.41. The van der Waals surface area contributed by atoms with Gasteiger partial charge in [-0.2, -0.15) is 0 Å². The Morgan fingerprint density at radius 3 is 1.66 bits per heavy atom. The standard InChI is InChI=1S/C24H26N2O6/c27-23(25(7-16-11-29-16)8-17-12-30-17)21-6-5-15-3-1-2-4-20(15)22(21)24(28)26(9-18-13-31-18)10-19-14-32-19/h1-6,16-19H,7-14H2. The van der Waals surface area contributed by atoms with Crippen molar-refractivity contribution in [2.24, 2.45) is 0 Å². The second-order valence-electron chi connectivity index (χ2n) is 8.95. The minimum Gasteiger partial charge on any atom is -0.371 e. The number of carbonyl (C=O) groups is 2. The molecule has 4 fully saturated rings. The van der Waals surface area contributed by atoms with Crippen LogP contribution in [-0.2, 0) is 18.9 Å². The monoisotopic (exact) mass is 438 g/mol. The highest BCUT2D eigenvalue weighted by Gasteiger charge is 2.37. The Morgan fingerprint density at radius 2 is 1.16 bits per heavy atom. The highest BCUT2D eigenvalue weighted by molar-refractivity contribution is 6.15. The van der Waals surface area contributed by atoms with E-state index in [0.717, 1.165) is 10.8 Å². The molecule has 4 saturated heterocycles. The molecule has 2 aromatic rings. The molecule has 4 aliphatic rings. The Labute approximate surface area is 185 Å². The molecule has 0 saturated carbocycles. The minimum absolute atomic E-state index is 0.0577. The van der Waals surface area contributed by atoms with E-state index in [0.29, 0.717) is 63.7 Å². The fourth-order valence-corrected chi connectivity index (χ4v) is 4.17. The highest BCUT2D eigenvalue weighted by Crippen LogP contribution is 2.28. The Bertz CT molecular complexity index is 1010. The van der Waals surface area contributed by atoms with Crippen molar-refractivity contribution in [1.29, 1.82) is 0 Å². The molecule has 32 heavy (non-hydrogen) atoms. The maximum Gasteiger partial charge on any atom is 0.255 e. The molecule has 4 heterocycles. The van der Waals surface area contributed by atoms with Crippen LogP contribution in [0.2, 0.25) is 0 Å². The molecule has 6 rings (SSSR count). The van der Waals surface area contributed by atoms with E-state index < -0.39 is 0 Å². The summed E-state index contributed by atoms with van der Waals surface area (Å²) in [6.45, 7) is 4.67. The molecule has 4 unspecified atom stereocenters. The predicted octanol–water partition coefficient (Wildman–Crippen LogP) is 1.32. The quantitative estimate of drug-likeness (QED) is 0.520. The zero-order chi connectivity index (χ0) is 21.7. The second-order valence-corrected chi connectivity index (χ2v) is 8.95. The first kappa shape index (κ1) is 20.1. The van der Waals surface area contributed by atoms with Crippen molar-refractivity contribution in [3.05, 3.63) is 47.5 Å². The molecule has 8 nitrogen and oxygen atoms in total.